The average Bonchev–Trinajstić information content (AvgIpc) is 2.50. The molecule has 0 bridgehead atoms. The molecule has 0 heterocycles. The van der Waals surface area contributed by atoms with E-state index in [2.05, 4.69) is 0 Å². The van der Waals surface area contributed by atoms with Gasteiger partial charge in [0.15, 0.2) is 5.78 Å². The van der Waals surface area contributed by atoms with Crippen molar-refractivity contribution in [3.05, 3.63) is 69.8 Å². The highest BCUT2D eigenvalue weighted by Crippen LogP contribution is 2.21. The lowest BCUT2D eigenvalue weighted by Gasteiger charge is -2.11. The lowest BCUT2D eigenvalue weighted by Crippen LogP contribution is -2.09. The van der Waals surface area contributed by atoms with Gasteiger partial charge in [-0.2, -0.15) is 0 Å². The number of ketones is 1. The van der Waals surface area contributed by atoms with Crippen LogP contribution in [0.3, 0.4) is 0 Å². The number of hydrogen-bond acceptors (Lipinski definition) is 2. The molecule has 0 aliphatic heterocycles. The van der Waals surface area contributed by atoms with Crippen LogP contribution in [0.2, 0.25) is 0 Å². The van der Waals surface area contributed by atoms with Gasteiger partial charge in [0.2, 0.25) is 0 Å². The third-order valence-electron chi connectivity index (χ3n) is 4.21. The molecule has 22 heavy (non-hydrogen) atoms. The van der Waals surface area contributed by atoms with Crippen molar-refractivity contribution < 1.29 is 14.7 Å². The van der Waals surface area contributed by atoms with Gasteiger partial charge in [-0.15, -0.1) is 0 Å². The summed E-state index contributed by atoms with van der Waals surface area (Å²) in [6.45, 7) is 7.63. The summed E-state index contributed by atoms with van der Waals surface area (Å²) in [7, 11) is 0. The Balaban J connectivity index is 2.42. The van der Waals surface area contributed by atoms with E-state index in [-0.39, 0.29) is 5.78 Å². The van der Waals surface area contributed by atoms with Crippen LogP contribution in [0.5, 0.6) is 0 Å². The summed E-state index contributed by atoms with van der Waals surface area (Å²) in [6.07, 6.45) is 0. The number of aryl methyl sites for hydroxylation is 2. The summed E-state index contributed by atoms with van der Waals surface area (Å²) in [5, 5.41) is 9.10. The standard InChI is InChI=1S/C19H20O3/c1-11-8-17(9-12(2)13(11)3)18(20)16-7-5-6-15(10-16)14(4)19(21)22/h5-10,14H,1-4H3,(H,21,22)/t14-/m1/s1. The normalized spacial score (nSPS) is 12.0. The van der Waals surface area contributed by atoms with Crippen molar-refractivity contribution in [2.75, 3.05) is 0 Å². The number of carboxylic acid groups (broad SMARTS) is 1. The van der Waals surface area contributed by atoms with Gasteiger partial charge in [0.1, 0.15) is 0 Å². The first-order valence-corrected chi connectivity index (χ1v) is 7.26. The molecule has 2 aromatic rings. The van der Waals surface area contributed by atoms with Crippen LogP contribution in [0, 0.1) is 20.8 Å². The van der Waals surface area contributed by atoms with E-state index < -0.39 is 11.9 Å². The summed E-state index contributed by atoms with van der Waals surface area (Å²) < 4.78 is 0. The van der Waals surface area contributed by atoms with Gasteiger partial charge in [-0.3, -0.25) is 9.59 Å². The number of carbonyl (C=O) groups excluding carboxylic acids is 1. The van der Waals surface area contributed by atoms with E-state index in [0.717, 1.165) is 11.1 Å². The second-order valence-corrected chi connectivity index (χ2v) is 5.75. The Morgan fingerprint density at radius 2 is 1.55 bits per heavy atom. The zero-order chi connectivity index (χ0) is 16.4. The smallest absolute Gasteiger partial charge is 0.310 e. The van der Waals surface area contributed by atoms with E-state index in [0.29, 0.717) is 16.7 Å². The minimum Gasteiger partial charge on any atom is -0.481 e. The Morgan fingerprint density at radius 1 is 0.955 bits per heavy atom. The van der Waals surface area contributed by atoms with Gasteiger partial charge >= 0.3 is 5.97 Å². The average molecular weight is 296 g/mol. The predicted molar refractivity (Wildman–Crippen MR) is 86.6 cm³/mol. The van der Waals surface area contributed by atoms with Crippen molar-refractivity contribution in [3.8, 4) is 0 Å². The van der Waals surface area contributed by atoms with Crippen LogP contribution < -0.4 is 0 Å². The van der Waals surface area contributed by atoms with Gasteiger partial charge in [0, 0.05) is 11.1 Å². The highest BCUT2D eigenvalue weighted by molar-refractivity contribution is 6.09. The molecule has 0 fully saturated rings. The Hall–Kier alpha value is -2.42. The second-order valence-electron chi connectivity index (χ2n) is 5.75. The maximum atomic E-state index is 12.7. The molecule has 0 aromatic heterocycles. The minimum absolute atomic E-state index is 0.0781. The summed E-state index contributed by atoms with van der Waals surface area (Å²) in [6, 6.07) is 10.6. The highest BCUT2D eigenvalue weighted by Gasteiger charge is 2.17. The molecule has 2 rings (SSSR count). The van der Waals surface area contributed by atoms with Crippen LogP contribution in [-0.2, 0) is 4.79 Å². The number of carbonyl (C=O) groups is 2. The SMILES string of the molecule is Cc1cc(C(=O)c2cccc([C@@H](C)C(=O)O)c2)cc(C)c1C. The van der Waals surface area contributed by atoms with Crippen LogP contribution in [0.25, 0.3) is 0 Å². The maximum absolute atomic E-state index is 12.7. The predicted octanol–water partition coefficient (Wildman–Crippen LogP) is 4.03. The van der Waals surface area contributed by atoms with Crippen molar-refractivity contribution in [3.63, 3.8) is 0 Å². The second kappa shape index (κ2) is 6.14. The van der Waals surface area contributed by atoms with Gasteiger partial charge < -0.3 is 5.11 Å². The van der Waals surface area contributed by atoms with E-state index in [1.807, 2.05) is 32.9 Å². The molecule has 0 spiro atoms. The minimum atomic E-state index is -0.897. The molecule has 2 aromatic carbocycles. The fourth-order valence-corrected chi connectivity index (χ4v) is 2.43. The van der Waals surface area contributed by atoms with Crippen molar-refractivity contribution >= 4 is 11.8 Å². The number of hydrogen-bond donors (Lipinski definition) is 1. The fourth-order valence-electron chi connectivity index (χ4n) is 2.43. The molecule has 0 aliphatic carbocycles. The summed E-state index contributed by atoms with van der Waals surface area (Å²) in [4.78, 5) is 23.8. The van der Waals surface area contributed by atoms with Gasteiger partial charge in [0.05, 0.1) is 5.92 Å². The first-order valence-electron chi connectivity index (χ1n) is 7.26. The first kappa shape index (κ1) is 16.0. The number of carboxylic acids is 1. The maximum Gasteiger partial charge on any atom is 0.310 e. The zero-order valence-electron chi connectivity index (χ0n) is 13.3. The molecular formula is C19H20O3. The first-order chi connectivity index (χ1) is 10.3. The lowest BCUT2D eigenvalue weighted by molar-refractivity contribution is -0.138. The monoisotopic (exact) mass is 296 g/mol. The van der Waals surface area contributed by atoms with E-state index in [4.69, 9.17) is 5.11 Å². The Morgan fingerprint density at radius 3 is 2.09 bits per heavy atom. The van der Waals surface area contributed by atoms with E-state index in [9.17, 15) is 9.59 Å². The van der Waals surface area contributed by atoms with Crippen molar-refractivity contribution in [2.45, 2.75) is 33.6 Å². The molecule has 114 valence electrons. The van der Waals surface area contributed by atoms with E-state index >= 15 is 0 Å². The molecule has 0 aliphatic rings. The molecule has 0 saturated carbocycles. The van der Waals surface area contributed by atoms with Crippen molar-refractivity contribution in [1.82, 2.24) is 0 Å². The van der Waals surface area contributed by atoms with Crippen LogP contribution in [-0.4, -0.2) is 16.9 Å². The largest absolute Gasteiger partial charge is 0.481 e. The molecule has 0 amide bonds. The number of rotatable bonds is 4. The Kier molecular flexibility index (Phi) is 4.45. The van der Waals surface area contributed by atoms with Crippen LogP contribution in [0.15, 0.2) is 36.4 Å². The number of benzene rings is 2. The molecule has 0 unspecified atom stereocenters. The van der Waals surface area contributed by atoms with Crippen molar-refractivity contribution in [1.29, 1.82) is 0 Å². The van der Waals surface area contributed by atoms with Gasteiger partial charge in [-0.25, -0.2) is 0 Å². The quantitative estimate of drug-likeness (QED) is 0.867. The summed E-state index contributed by atoms with van der Waals surface area (Å²) in [5.74, 6) is -1.61. The van der Waals surface area contributed by atoms with E-state index in [1.165, 1.54) is 5.56 Å². The third kappa shape index (κ3) is 3.08. The van der Waals surface area contributed by atoms with Crippen molar-refractivity contribution in [2.24, 2.45) is 0 Å². The lowest BCUT2D eigenvalue weighted by atomic mass is 9.93. The fraction of sp³-hybridized carbons (Fsp3) is 0.263. The molecule has 0 radical (unpaired) electrons. The van der Waals surface area contributed by atoms with E-state index in [1.54, 1.807) is 31.2 Å². The van der Waals surface area contributed by atoms with Gasteiger partial charge in [-0.05, 0) is 68.1 Å². The number of aliphatic carboxylic acids is 1. The van der Waals surface area contributed by atoms with Gasteiger partial charge in [0.25, 0.3) is 0 Å². The van der Waals surface area contributed by atoms with Gasteiger partial charge in [-0.1, -0.05) is 18.2 Å². The zero-order valence-corrected chi connectivity index (χ0v) is 13.3. The van der Waals surface area contributed by atoms with Crippen LogP contribution >= 0.6 is 0 Å². The molecule has 3 nitrogen and oxygen atoms in total. The highest BCUT2D eigenvalue weighted by atomic mass is 16.4. The molecule has 1 N–H and O–H groups in total. The Bertz CT molecular complexity index is 721. The summed E-state index contributed by atoms with van der Waals surface area (Å²) in [5.41, 5.74) is 5.15. The van der Waals surface area contributed by atoms with Crippen LogP contribution in [0.4, 0.5) is 0 Å². The Labute approximate surface area is 130 Å². The molecular weight excluding hydrogens is 276 g/mol. The molecule has 0 saturated heterocycles. The summed E-state index contributed by atoms with van der Waals surface area (Å²) >= 11 is 0. The molecule has 3 heteroatoms. The topological polar surface area (TPSA) is 54.4 Å². The van der Waals surface area contributed by atoms with Crippen LogP contribution in [0.1, 0.15) is 51.0 Å². The third-order valence-corrected chi connectivity index (χ3v) is 4.21. The molecule has 1 atom stereocenters.